The first-order valence-corrected chi connectivity index (χ1v) is 7.13. The normalized spacial score (nSPS) is 12.5. The molecule has 0 saturated heterocycles. The van der Waals surface area contributed by atoms with Crippen LogP contribution in [0.3, 0.4) is 0 Å². The number of ether oxygens (including phenoxy) is 1. The van der Waals surface area contributed by atoms with Crippen molar-refractivity contribution in [3.05, 3.63) is 47.3 Å². The van der Waals surface area contributed by atoms with Gasteiger partial charge >= 0.3 is 0 Å². The lowest BCUT2D eigenvalue weighted by Gasteiger charge is -2.09. The van der Waals surface area contributed by atoms with Crippen molar-refractivity contribution in [3.8, 4) is 10.4 Å². The first kappa shape index (κ1) is 14.2. The number of rotatable bonds is 7. The molecule has 0 radical (unpaired) electrons. The van der Waals surface area contributed by atoms with E-state index in [2.05, 4.69) is 29.6 Å². The predicted octanol–water partition coefficient (Wildman–Crippen LogP) is 2.51. The molecule has 0 amide bonds. The number of thiophene rings is 1. The van der Waals surface area contributed by atoms with E-state index in [1.54, 1.807) is 18.4 Å². The molecule has 102 valence electrons. The maximum absolute atomic E-state index is 9.53. The number of methoxy groups -OCH3 is 1. The molecule has 0 aliphatic heterocycles. The quantitative estimate of drug-likeness (QED) is 0.817. The van der Waals surface area contributed by atoms with E-state index in [4.69, 9.17) is 4.74 Å². The molecule has 0 aliphatic carbocycles. The van der Waals surface area contributed by atoms with Crippen molar-refractivity contribution < 1.29 is 9.84 Å². The summed E-state index contributed by atoms with van der Waals surface area (Å²) < 4.78 is 4.88. The van der Waals surface area contributed by atoms with Gasteiger partial charge in [-0.2, -0.15) is 0 Å². The van der Waals surface area contributed by atoms with Gasteiger partial charge in [0.15, 0.2) is 0 Å². The average Bonchev–Trinajstić information content (AvgIpc) is 2.89. The van der Waals surface area contributed by atoms with Gasteiger partial charge in [-0.15, -0.1) is 11.3 Å². The lowest BCUT2D eigenvalue weighted by molar-refractivity contribution is 0.0644. The number of hydrogen-bond acceptors (Lipinski definition) is 4. The number of hydrogen-bond donors (Lipinski definition) is 2. The molecule has 1 unspecified atom stereocenters. The van der Waals surface area contributed by atoms with Gasteiger partial charge in [-0.05, 0) is 17.7 Å². The third-order valence-electron chi connectivity index (χ3n) is 2.76. The molecule has 1 atom stereocenters. The number of benzene rings is 1. The standard InChI is InChI=1S/C15H19NO2S/c1-18-11-13(17)9-16-10-14-7-8-15(19-14)12-5-3-2-4-6-12/h2-8,13,16-17H,9-11H2,1H3. The van der Waals surface area contributed by atoms with Gasteiger partial charge in [-0.25, -0.2) is 0 Å². The van der Waals surface area contributed by atoms with E-state index in [0.29, 0.717) is 13.2 Å². The van der Waals surface area contributed by atoms with E-state index in [1.165, 1.54) is 15.3 Å². The smallest absolute Gasteiger partial charge is 0.0897 e. The van der Waals surface area contributed by atoms with E-state index in [9.17, 15) is 5.11 Å². The zero-order valence-electron chi connectivity index (χ0n) is 11.0. The summed E-state index contributed by atoms with van der Waals surface area (Å²) in [6.07, 6.45) is -0.446. The van der Waals surface area contributed by atoms with Gasteiger partial charge < -0.3 is 15.2 Å². The van der Waals surface area contributed by atoms with Crippen LogP contribution in [-0.4, -0.2) is 31.5 Å². The van der Waals surface area contributed by atoms with Gasteiger partial charge in [0, 0.05) is 30.0 Å². The van der Waals surface area contributed by atoms with Gasteiger partial charge in [0.1, 0.15) is 0 Å². The summed E-state index contributed by atoms with van der Waals surface area (Å²) in [5.41, 5.74) is 1.25. The highest BCUT2D eigenvalue weighted by Crippen LogP contribution is 2.27. The zero-order valence-corrected chi connectivity index (χ0v) is 11.8. The monoisotopic (exact) mass is 277 g/mol. The summed E-state index contributed by atoms with van der Waals surface area (Å²) in [5, 5.41) is 12.8. The van der Waals surface area contributed by atoms with Crippen LogP contribution < -0.4 is 5.32 Å². The molecule has 0 fully saturated rings. The second-order valence-corrected chi connectivity index (χ2v) is 5.54. The fraction of sp³-hybridized carbons (Fsp3) is 0.333. The Labute approximate surface area is 117 Å². The van der Waals surface area contributed by atoms with E-state index in [0.717, 1.165) is 6.54 Å². The lowest BCUT2D eigenvalue weighted by atomic mass is 10.2. The molecule has 0 bridgehead atoms. The summed E-state index contributed by atoms with van der Waals surface area (Å²) in [6.45, 7) is 1.69. The highest BCUT2D eigenvalue weighted by molar-refractivity contribution is 7.15. The Morgan fingerprint density at radius 1 is 1.21 bits per heavy atom. The van der Waals surface area contributed by atoms with Crippen LogP contribution in [0.25, 0.3) is 10.4 Å². The van der Waals surface area contributed by atoms with E-state index < -0.39 is 6.10 Å². The molecule has 19 heavy (non-hydrogen) atoms. The Balaban J connectivity index is 1.85. The maximum atomic E-state index is 9.53. The molecular weight excluding hydrogens is 258 g/mol. The van der Waals surface area contributed by atoms with Crippen LogP contribution in [0.2, 0.25) is 0 Å². The number of nitrogens with one attached hydrogen (secondary N) is 1. The van der Waals surface area contributed by atoms with Gasteiger partial charge in [0.05, 0.1) is 12.7 Å². The summed E-state index contributed by atoms with van der Waals surface area (Å²) in [7, 11) is 1.59. The fourth-order valence-corrected chi connectivity index (χ4v) is 2.83. The van der Waals surface area contributed by atoms with E-state index >= 15 is 0 Å². The van der Waals surface area contributed by atoms with Crippen molar-refractivity contribution in [3.63, 3.8) is 0 Å². The van der Waals surface area contributed by atoms with Crippen molar-refractivity contribution in [2.24, 2.45) is 0 Å². The third-order valence-corrected chi connectivity index (χ3v) is 3.89. The molecule has 1 aromatic carbocycles. The largest absolute Gasteiger partial charge is 0.389 e. The zero-order chi connectivity index (χ0) is 13.5. The molecule has 1 heterocycles. The third kappa shape index (κ3) is 4.44. The molecule has 0 spiro atoms. The Morgan fingerprint density at radius 2 is 2.00 bits per heavy atom. The van der Waals surface area contributed by atoms with Gasteiger partial charge in [-0.1, -0.05) is 30.3 Å². The van der Waals surface area contributed by atoms with Crippen LogP contribution in [0.15, 0.2) is 42.5 Å². The molecule has 0 saturated carbocycles. The van der Waals surface area contributed by atoms with Crippen LogP contribution in [-0.2, 0) is 11.3 Å². The Kier molecular flexibility index (Phi) is 5.54. The minimum absolute atomic E-state index is 0.368. The Hall–Kier alpha value is -1.20. The Morgan fingerprint density at radius 3 is 2.74 bits per heavy atom. The molecule has 4 heteroatoms. The van der Waals surface area contributed by atoms with Crippen LogP contribution in [0.5, 0.6) is 0 Å². The van der Waals surface area contributed by atoms with Gasteiger partial charge in [-0.3, -0.25) is 0 Å². The number of aliphatic hydroxyl groups is 1. The lowest BCUT2D eigenvalue weighted by Crippen LogP contribution is -2.29. The van der Waals surface area contributed by atoms with E-state index in [-0.39, 0.29) is 0 Å². The first-order chi connectivity index (χ1) is 9.29. The minimum atomic E-state index is -0.446. The molecule has 3 nitrogen and oxygen atoms in total. The molecule has 2 N–H and O–H groups in total. The summed E-state index contributed by atoms with van der Waals surface area (Å²) in [4.78, 5) is 2.54. The van der Waals surface area contributed by atoms with Crippen molar-refractivity contribution in [2.75, 3.05) is 20.3 Å². The van der Waals surface area contributed by atoms with Crippen LogP contribution in [0, 0.1) is 0 Å². The topological polar surface area (TPSA) is 41.5 Å². The second kappa shape index (κ2) is 7.40. The predicted molar refractivity (Wildman–Crippen MR) is 79.3 cm³/mol. The second-order valence-electron chi connectivity index (χ2n) is 4.37. The van der Waals surface area contributed by atoms with Crippen LogP contribution >= 0.6 is 11.3 Å². The molecule has 1 aromatic heterocycles. The van der Waals surface area contributed by atoms with Crippen molar-refractivity contribution in [2.45, 2.75) is 12.6 Å². The summed E-state index contributed by atoms with van der Waals surface area (Å²) >= 11 is 1.78. The average molecular weight is 277 g/mol. The highest BCUT2D eigenvalue weighted by Gasteiger charge is 2.05. The molecular formula is C15H19NO2S. The highest BCUT2D eigenvalue weighted by atomic mass is 32.1. The summed E-state index contributed by atoms with van der Waals surface area (Å²) in [6, 6.07) is 14.6. The van der Waals surface area contributed by atoms with Gasteiger partial charge in [0.25, 0.3) is 0 Å². The van der Waals surface area contributed by atoms with Crippen molar-refractivity contribution in [1.29, 1.82) is 0 Å². The van der Waals surface area contributed by atoms with Gasteiger partial charge in [0.2, 0.25) is 0 Å². The van der Waals surface area contributed by atoms with Crippen LogP contribution in [0.4, 0.5) is 0 Å². The number of aliphatic hydroxyl groups excluding tert-OH is 1. The summed E-state index contributed by atoms with van der Waals surface area (Å²) in [5.74, 6) is 0. The molecule has 2 rings (SSSR count). The van der Waals surface area contributed by atoms with Crippen molar-refractivity contribution >= 4 is 11.3 Å². The maximum Gasteiger partial charge on any atom is 0.0897 e. The SMILES string of the molecule is COCC(O)CNCc1ccc(-c2ccccc2)s1. The Bertz CT molecular complexity index is 484. The fourth-order valence-electron chi connectivity index (χ4n) is 1.84. The minimum Gasteiger partial charge on any atom is -0.389 e. The van der Waals surface area contributed by atoms with Crippen molar-refractivity contribution in [1.82, 2.24) is 5.32 Å². The first-order valence-electron chi connectivity index (χ1n) is 6.31. The molecule has 2 aromatic rings. The van der Waals surface area contributed by atoms with Crippen LogP contribution in [0.1, 0.15) is 4.88 Å². The van der Waals surface area contributed by atoms with E-state index in [1.807, 2.05) is 18.2 Å². The molecule has 0 aliphatic rings.